The molecular weight excluding hydrogens is 422 g/mol. The van der Waals surface area contributed by atoms with E-state index in [1.54, 1.807) is 26.2 Å². The Bertz CT molecular complexity index is 1160. The van der Waals surface area contributed by atoms with Gasteiger partial charge >= 0.3 is 5.97 Å². The quantitative estimate of drug-likeness (QED) is 0.581. The Balaban J connectivity index is 1.69. The van der Waals surface area contributed by atoms with Crippen LogP contribution in [-0.4, -0.2) is 40.4 Å². The third kappa shape index (κ3) is 3.91. The average molecular weight is 442 g/mol. The van der Waals surface area contributed by atoms with Crippen LogP contribution in [0.5, 0.6) is 11.5 Å². The summed E-state index contributed by atoms with van der Waals surface area (Å²) >= 11 is 6.21. The number of ether oxygens (including phenoxy) is 3. The molecule has 0 saturated heterocycles. The summed E-state index contributed by atoms with van der Waals surface area (Å²) in [5.41, 5.74) is 2.60. The predicted octanol–water partition coefficient (Wildman–Crippen LogP) is 3.38. The predicted molar refractivity (Wildman–Crippen MR) is 113 cm³/mol. The zero-order chi connectivity index (χ0) is 22.0. The number of aromatic nitrogens is 4. The molecular formula is C21H20ClN5O4. The molecule has 31 heavy (non-hydrogen) atoms. The van der Waals surface area contributed by atoms with Crippen LogP contribution in [0.2, 0.25) is 5.02 Å². The van der Waals surface area contributed by atoms with E-state index >= 15 is 0 Å². The zero-order valence-electron chi connectivity index (χ0n) is 17.1. The van der Waals surface area contributed by atoms with Crippen molar-refractivity contribution in [3.8, 4) is 11.5 Å². The number of hydrogen-bond acceptors (Lipinski definition) is 8. The molecule has 0 amide bonds. The molecule has 0 spiro atoms. The van der Waals surface area contributed by atoms with Crippen LogP contribution in [0, 0.1) is 0 Å². The largest absolute Gasteiger partial charge is 0.493 e. The summed E-state index contributed by atoms with van der Waals surface area (Å²) in [6, 6.07) is 12.3. The number of rotatable bonds is 6. The van der Waals surface area contributed by atoms with E-state index in [2.05, 4.69) is 20.8 Å². The molecule has 1 aromatic heterocycles. The van der Waals surface area contributed by atoms with Gasteiger partial charge in [-0.05, 0) is 41.1 Å². The van der Waals surface area contributed by atoms with E-state index in [0.717, 1.165) is 11.1 Å². The number of tetrazole rings is 1. The lowest BCUT2D eigenvalue weighted by Crippen LogP contribution is -2.29. The number of allylic oxidation sites excluding steroid dienone is 1. The summed E-state index contributed by atoms with van der Waals surface area (Å²) in [4.78, 5) is 12.5. The second-order valence-corrected chi connectivity index (χ2v) is 7.20. The number of methoxy groups -OCH3 is 2. The van der Waals surface area contributed by atoms with Gasteiger partial charge in [-0.15, -0.1) is 0 Å². The molecule has 1 aliphatic heterocycles. The molecule has 160 valence electrons. The Morgan fingerprint density at radius 1 is 1.19 bits per heavy atom. The topological polar surface area (TPSA) is 100 Å². The molecule has 1 atom stereocenters. The lowest BCUT2D eigenvalue weighted by atomic mass is 9.95. The number of carbonyl (C=O) groups is 1. The van der Waals surface area contributed by atoms with Gasteiger partial charge in [-0.25, -0.2) is 4.79 Å². The van der Waals surface area contributed by atoms with Crippen LogP contribution in [0.15, 0.2) is 53.7 Å². The maximum atomic E-state index is 12.5. The minimum atomic E-state index is -0.592. The number of nitrogens with one attached hydrogen (secondary N) is 1. The van der Waals surface area contributed by atoms with Gasteiger partial charge in [0.1, 0.15) is 12.6 Å². The molecule has 0 unspecified atom stereocenters. The molecule has 0 saturated carbocycles. The number of carbonyl (C=O) groups excluding carboxylic acids is 1. The molecule has 0 radical (unpaired) electrons. The highest BCUT2D eigenvalue weighted by molar-refractivity contribution is 6.31. The van der Waals surface area contributed by atoms with Crippen LogP contribution < -0.4 is 14.8 Å². The van der Waals surface area contributed by atoms with E-state index in [4.69, 9.17) is 25.8 Å². The van der Waals surface area contributed by atoms with Crippen molar-refractivity contribution in [3.63, 3.8) is 0 Å². The van der Waals surface area contributed by atoms with Crippen molar-refractivity contribution in [3.05, 3.63) is 69.9 Å². The number of nitrogens with zero attached hydrogens (tertiary/aromatic N) is 4. The van der Waals surface area contributed by atoms with Gasteiger partial charge < -0.3 is 19.5 Å². The minimum absolute atomic E-state index is 0.284. The summed E-state index contributed by atoms with van der Waals surface area (Å²) in [6.07, 6.45) is 0. The third-order valence-corrected chi connectivity index (χ3v) is 5.33. The van der Waals surface area contributed by atoms with Crippen molar-refractivity contribution in [2.45, 2.75) is 19.6 Å². The summed E-state index contributed by atoms with van der Waals surface area (Å²) in [7, 11) is 2.88. The van der Waals surface area contributed by atoms with Gasteiger partial charge in [0, 0.05) is 16.3 Å². The van der Waals surface area contributed by atoms with E-state index in [1.165, 1.54) is 11.8 Å². The van der Waals surface area contributed by atoms with E-state index in [-0.39, 0.29) is 6.61 Å². The molecule has 0 fully saturated rings. The highest BCUT2D eigenvalue weighted by atomic mass is 35.5. The molecule has 9 nitrogen and oxygen atoms in total. The van der Waals surface area contributed by atoms with Crippen molar-refractivity contribution in [2.75, 3.05) is 19.5 Å². The monoisotopic (exact) mass is 441 g/mol. The summed E-state index contributed by atoms with van der Waals surface area (Å²) in [5.74, 6) is 0.985. The van der Waals surface area contributed by atoms with E-state index in [9.17, 15) is 4.79 Å². The third-order valence-electron chi connectivity index (χ3n) is 4.96. The van der Waals surface area contributed by atoms with Crippen LogP contribution in [0.1, 0.15) is 24.1 Å². The Hall–Kier alpha value is -3.59. The van der Waals surface area contributed by atoms with Crippen molar-refractivity contribution in [1.29, 1.82) is 0 Å². The molecule has 10 heteroatoms. The van der Waals surface area contributed by atoms with Gasteiger partial charge in [-0.2, -0.15) is 4.68 Å². The highest BCUT2D eigenvalue weighted by Gasteiger charge is 2.35. The SMILES string of the molecule is COC(=O)C1=C(C)Nc2nnnn2[C@@H]1c1ccc(OCc2ccccc2Cl)c(OC)c1. The summed E-state index contributed by atoms with van der Waals surface area (Å²) < 4.78 is 18.0. The molecule has 1 aliphatic rings. The molecule has 3 aromatic rings. The van der Waals surface area contributed by atoms with Gasteiger partial charge in [-0.1, -0.05) is 41.0 Å². The lowest BCUT2D eigenvalue weighted by molar-refractivity contribution is -0.136. The van der Waals surface area contributed by atoms with Gasteiger partial charge in [0.15, 0.2) is 11.5 Å². The minimum Gasteiger partial charge on any atom is -0.493 e. The Morgan fingerprint density at radius 2 is 2.00 bits per heavy atom. The average Bonchev–Trinajstić information content (AvgIpc) is 3.25. The number of halogens is 1. The van der Waals surface area contributed by atoms with Crippen LogP contribution in [0.25, 0.3) is 0 Å². The van der Waals surface area contributed by atoms with Gasteiger partial charge in [0.2, 0.25) is 5.95 Å². The first-order valence-electron chi connectivity index (χ1n) is 9.41. The maximum absolute atomic E-state index is 12.5. The van der Waals surface area contributed by atoms with Crippen LogP contribution in [-0.2, 0) is 16.1 Å². The lowest BCUT2D eigenvalue weighted by Gasteiger charge is -2.27. The number of fused-ring (bicyclic) bond motifs is 1. The Kier molecular flexibility index (Phi) is 5.77. The fourth-order valence-electron chi connectivity index (χ4n) is 3.44. The summed E-state index contributed by atoms with van der Waals surface area (Å²) in [5, 5.41) is 15.4. The van der Waals surface area contributed by atoms with Gasteiger partial charge in [-0.3, -0.25) is 0 Å². The van der Waals surface area contributed by atoms with Crippen LogP contribution in [0.3, 0.4) is 0 Å². The molecule has 2 heterocycles. The van der Waals surface area contributed by atoms with Gasteiger partial charge in [0.25, 0.3) is 0 Å². The Morgan fingerprint density at radius 3 is 2.74 bits per heavy atom. The van der Waals surface area contributed by atoms with Crippen molar-refractivity contribution < 1.29 is 19.0 Å². The molecule has 0 aliphatic carbocycles. The normalized spacial score (nSPS) is 15.2. The number of esters is 1. The zero-order valence-corrected chi connectivity index (χ0v) is 17.9. The summed E-state index contributed by atoms with van der Waals surface area (Å²) in [6.45, 7) is 2.06. The Labute approximate surface area is 183 Å². The first-order valence-corrected chi connectivity index (χ1v) is 9.79. The first-order chi connectivity index (χ1) is 15.0. The van der Waals surface area contributed by atoms with E-state index < -0.39 is 12.0 Å². The second-order valence-electron chi connectivity index (χ2n) is 6.80. The molecule has 1 N–H and O–H groups in total. The highest BCUT2D eigenvalue weighted by Crippen LogP contribution is 2.38. The van der Waals surface area contributed by atoms with Crippen molar-refractivity contribution in [2.24, 2.45) is 0 Å². The fraction of sp³-hybridized carbons (Fsp3) is 0.238. The van der Waals surface area contributed by atoms with Crippen molar-refractivity contribution >= 4 is 23.5 Å². The van der Waals surface area contributed by atoms with Crippen molar-refractivity contribution in [1.82, 2.24) is 20.2 Å². The van der Waals surface area contributed by atoms with E-state index in [0.29, 0.717) is 33.7 Å². The van der Waals surface area contributed by atoms with Crippen LogP contribution in [0.4, 0.5) is 5.95 Å². The van der Waals surface area contributed by atoms with Crippen LogP contribution >= 0.6 is 11.6 Å². The maximum Gasteiger partial charge on any atom is 0.338 e. The first kappa shape index (κ1) is 20.7. The second kappa shape index (κ2) is 8.65. The number of hydrogen-bond donors (Lipinski definition) is 1. The number of anilines is 1. The molecule has 2 aromatic carbocycles. The van der Waals surface area contributed by atoms with Gasteiger partial charge in [0.05, 0.1) is 19.8 Å². The fourth-order valence-corrected chi connectivity index (χ4v) is 3.63. The molecule has 4 rings (SSSR count). The molecule has 0 bridgehead atoms. The standard InChI is InChI=1S/C21H20ClN5O4/c1-12-18(20(28)30-3)19(27-21(23-12)24-25-26-27)13-8-9-16(17(10-13)29-2)31-11-14-6-4-5-7-15(14)22/h4-10,19H,11H2,1-3H3,(H,23,24,26)/t19-/m1/s1. The smallest absolute Gasteiger partial charge is 0.338 e. The number of benzene rings is 2. The van der Waals surface area contributed by atoms with E-state index in [1.807, 2.05) is 30.3 Å².